The van der Waals surface area contributed by atoms with E-state index in [0.29, 0.717) is 11.3 Å². The van der Waals surface area contributed by atoms with Crippen molar-refractivity contribution in [3.8, 4) is 0 Å². The highest BCUT2D eigenvalue weighted by Crippen LogP contribution is 2.47. The lowest BCUT2D eigenvalue weighted by atomic mass is 9.84. The summed E-state index contributed by atoms with van der Waals surface area (Å²) >= 11 is 0. The first-order valence-corrected chi connectivity index (χ1v) is 5.78. The Kier molecular flexibility index (Phi) is 2.98. The summed E-state index contributed by atoms with van der Waals surface area (Å²) in [5.41, 5.74) is 6.09. The average Bonchev–Trinajstić information content (AvgIpc) is 2.74. The van der Waals surface area contributed by atoms with Gasteiger partial charge in [-0.2, -0.15) is 0 Å². The van der Waals surface area contributed by atoms with Crippen LogP contribution in [0.3, 0.4) is 0 Å². The van der Waals surface area contributed by atoms with E-state index < -0.39 is 5.97 Å². The highest BCUT2D eigenvalue weighted by Gasteiger charge is 2.43. The largest absolute Gasteiger partial charge is 0.480 e. The van der Waals surface area contributed by atoms with Crippen LogP contribution in [-0.4, -0.2) is 42.2 Å². The number of carbonyl (C=O) groups is 1. The highest BCUT2D eigenvalue weighted by atomic mass is 16.4. The summed E-state index contributed by atoms with van der Waals surface area (Å²) in [7, 11) is 0. The van der Waals surface area contributed by atoms with E-state index in [9.17, 15) is 4.79 Å². The van der Waals surface area contributed by atoms with Crippen LogP contribution in [0, 0.1) is 11.3 Å². The van der Waals surface area contributed by atoms with Gasteiger partial charge in [-0.3, -0.25) is 9.69 Å². The van der Waals surface area contributed by atoms with Crippen LogP contribution in [0.2, 0.25) is 0 Å². The van der Waals surface area contributed by atoms with Crippen molar-refractivity contribution in [2.45, 2.75) is 25.7 Å². The van der Waals surface area contributed by atoms with Crippen molar-refractivity contribution in [2.75, 3.05) is 26.2 Å². The third-order valence-electron chi connectivity index (χ3n) is 4.01. The van der Waals surface area contributed by atoms with E-state index in [1.807, 2.05) is 0 Å². The molecule has 1 spiro atoms. The molecular formula is C11H20N2O2. The van der Waals surface area contributed by atoms with E-state index in [0.717, 1.165) is 26.1 Å². The highest BCUT2D eigenvalue weighted by molar-refractivity contribution is 5.69. The molecule has 1 aliphatic carbocycles. The Morgan fingerprint density at radius 2 is 2.33 bits per heavy atom. The van der Waals surface area contributed by atoms with E-state index in [-0.39, 0.29) is 6.54 Å². The molecular weight excluding hydrogens is 192 g/mol. The first-order chi connectivity index (χ1) is 7.13. The van der Waals surface area contributed by atoms with E-state index in [4.69, 9.17) is 10.8 Å². The number of hydrogen-bond donors (Lipinski definition) is 2. The van der Waals surface area contributed by atoms with E-state index in [1.54, 1.807) is 0 Å². The Balaban J connectivity index is 1.89. The molecule has 3 N–H and O–H groups in total. The zero-order chi connectivity index (χ0) is 10.9. The number of carboxylic acids is 1. The van der Waals surface area contributed by atoms with Gasteiger partial charge in [0.2, 0.25) is 0 Å². The van der Waals surface area contributed by atoms with Gasteiger partial charge in [0.25, 0.3) is 0 Å². The van der Waals surface area contributed by atoms with Crippen LogP contribution in [0.5, 0.6) is 0 Å². The molecule has 2 aliphatic rings. The van der Waals surface area contributed by atoms with Crippen LogP contribution in [0.15, 0.2) is 0 Å². The van der Waals surface area contributed by atoms with Crippen LogP contribution < -0.4 is 5.73 Å². The molecule has 0 unspecified atom stereocenters. The van der Waals surface area contributed by atoms with Crippen molar-refractivity contribution in [3.63, 3.8) is 0 Å². The molecule has 1 saturated heterocycles. The lowest BCUT2D eigenvalue weighted by Crippen LogP contribution is -2.30. The van der Waals surface area contributed by atoms with Crippen LogP contribution in [0.1, 0.15) is 25.7 Å². The number of aliphatic carboxylic acids is 1. The summed E-state index contributed by atoms with van der Waals surface area (Å²) in [6.45, 7) is 2.91. The summed E-state index contributed by atoms with van der Waals surface area (Å²) in [6, 6.07) is 0. The van der Waals surface area contributed by atoms with Gasteiger partial charge in [0.1, 0.15) is 0 Å². The van der Waals surface area contributed by atoms with E-state index in [2.05, 4.69) is 4.90 Å². The zero-order valence-electron chi connectivity index (χ0n) is 9.11. The monoisotopic (exact) mass is 212 g/mol. The Hall–Kier alpha value is -0.610. The molecule has 2 rings (SSSR count). The Morgan fingerprint density at radius 1 is 1.53 bits per heavy atom. The van der Waals surface area contributed by atoms with Gasteiger partial charge < -0.3 is 10.8 Å². The topological polar surface area (TPSA) is 66.6 Å². The van der Waals surface area contributed by atoms with Gasteiger partial charge in [-0.15, -0.1) is 0 Å². The summed E-state index contributed by atoms with van der Waals surface area (Å²) in [6.07, 6.45) is 4.85. The van der Waals surface area contributed by atoms with Crippen LogP contribution in [0.25, 0.3) is 0 Å². The lowest BCUT2D eigenvalue weighted by Gasteiger charge is -2.23. The number of nitrogens with zero attached hydrogens (tertiary/aromatic N) is 1. The second-order valence-corrected chi connectivity index (χ2v) is 5.20. The zero-order valence-corrected chi connectivity index (χ0v) is 9.11. The summed E-state index contributed by atoms with van der Waals surface area (Å²) in [5.74, 6) is -0.0322. The molecule has 4 heteroatoms. The van der Waals surface area contributed by atoms with Gasteiger partial charge >= 0.3 is 5.97 Å². The van der Waals surface area contributed by atoms with E-state index >= 15 is 0 Å². The Morgan fingerprint density at radius 3 is 2.93 bits per heavy atom. The van der Waals surface area contributed by atoms with Crippen molar-refractivity contribution >= 4 is 5.97 Å². The molecule has 0 aromatic heterocycles. The molecule has 2 fully saturated rings. The van der Waals surface area contributed by atoms with Crippen LogP contribution in [-0.2, 0) is 4.79 Å². The predicted octanol–water partition coefficient (Wildman–Crippen LogP) is 0.522. The Bertz CT molecular complexity index is 257. The maximum Gasteiger partial charge on any atom is 0.317 e. The molecule has 86 valence electrons. The van der Waals surface area contributed by atoms with Gasteiger partial charge in [0.05, 0.1) is 6.54 Å². The van der Waals surface area contributed by atoms with Gasteiger partial charge in [0, 0.05) is 6.54 Å². The number of likely N-dealkylation sites (tertiary alicyclic amines) is 1. The van der Waals surface area contributed by atoms with Crippen molar-refractivity contribution in [1.82, 2.24) is 4.90 Å². The molecule has 2 atom stereocenters. The number of carboxylic acid groups (broad SMARTS) is 1. The predicted molar refractivity (Wildman–Crippen MR) is 57.5 cm³/mol. The van der Waals surface area contributed by atoms with E-state index in [1.165, 1.54) is 19.3 Å². The molecule has 1 saturated carbocycles. The summed E-state index contributed by atoms with van der Waals surface area (Å²) in [5, 5.41) is 8.74. The lowest BCUT2D eigenvalue weighted by molar-refractivity contribution is -0.138. The van der Waals surface area contributed by atoms with Gasteiger partial charge in [-0.05, 0) is 50.1 Å². The molecule has 1 aliphatic heterocycles. The first-order valence-electron chi connectivity index (χ1n) is 5.78. The molecule has 0 amide bonds. The molecule has 15 heavy (non-hydrogen) atoms. The second kappa shape index (κ2) is 4.10. The molecule has 0 bridgehead atoms. The number of hydrogen-bond acceptors (Lipinski definition) is 3. The molecule has 0 aromatic rings. The molecule has 1 heterocycles. The van der Waals surface area contributed by atoms with Crippen molar-refractivity contribution < 1.29 is 9.90 Å². The molecule has 0 radical (unpaired) electrons. The molecule has 4 nitrogen and oxygen atoms in total. The number of rotatable bonds is 3. The Labute approximate surface area is 90.4 Å². The van der Waals surface area contributed by atoms with Crippen molar-refractivity contribution in [2.24, 2.45) is 17.1 Å². The van der Waals surface area contributed by atoms with Crippen molar-refractivity contribution in [3.05, 3.63) is 0 Å². The van der Waals surface area contributed by atoms with Crippen LogP contribution in [0.4, 0.5) is 0 Å². The summed E-state index contributed by atoms with van der Waals surface area (Å²) in [4.78, 5) is 12.7. The number of nitrogens with two attached hydrogens (primary N) is 1. The minimum absolute atomic E-state index is 0.203. The smallest absolute Gasteiger partial charge is 0.317 e. The first kappa shape index (κ1) is 10.9. The minimum Gasteiger partial charge on any atom is -0.480 e. The van der Waals surface area contributed by atoms with Crippen molar-refractivity contribution in [1.29, 1.82) is 0 Å². The summed E-state index contributed by atoms with van der Waals surface area (Å²) < 4.78 is 0. The second-order valence-electron chi connectivity index (χ2n) is 5.20. The van der Waals surface area contributed by atoms with Gasteiger partial charge in [0.15, 0.2) is 0 Å². The fraction of sp³-hybridized carbons (Fsp3) is 0.909. The van der Waals surface area contributed by atoms with Gasteiger partial charge in [-0.1, -0.05) is 0 Å². The molecule has 0 aromatic carbocycles. The third-order valence-corrected chi connectivity index (χ3v) is 4.01. The fourth-order valence-electron chi connectivity index (χ4n) is 3.25. The van der Waals surface area contributed by atoms with Gasteiger partial charge in [-0.25, -0.2) is 0 Å². The average molecular weight is 212 g/mol. The standard InChI is InChI=1S/C11H20N2O2/c12-6-9-1-2-11(5-9)3-4-13(8-11)7-10(14)15/h9H,1-8,12H2,(H,14,15)/t9-,11-/m1/s1. The quantitative estimate of drug-likeness (QED) is 0.716. The van der Waals surface area contributed by atoms with Crippen LogP contribution >= 0.6 is 0 Å². The fourth-order valence-corrected chi connectivity index (χ4v) is 3.25. The third kappa shape index (κ3) is 2.32. The maximum atomic E-state index is 10.6. The minimum atomic E-state index is -0.708. The maximum absolute atomic E-state index is 10.6. The normalized spacial score (nSPS) is 36.5. The SMILES string of the molecule is NC[C@@H]1CC[C@@]2(CCN(CC(=O)O)C2)C1.